The standard InChI is InChI=1S/C15H27NO5P2S3/c1-4-5-6-7-8-9-10-11-12-16-15(22-24,23-25)14(20-2,21-3)13(17)26(16,18)19/h4-12H2,1-3H3/p+2. The summed E-state index contributed by atoms with van der Waals surface area (Å²) in [6, 6.07) is 0. The first-order chi connectivity index (χ1) is 12.3. The van der Waals surface area contributed by atoms with E-state index in [2.05, 4.69) is 6.92 Å². The second kappa shape index (κ2) is 10.9. The van der Waals surface area contributed by atoms with E-state index in [9.17, 15) is 13.2 Å². The van der Waals surface area contributed by atoms with E-state index in [1.54, 1.807) is 0 Å². The highest BCUT2D eigenvalue weighted by Crippen LogP contribution is 2.56. The lowest BCUT2D eigenvalue weighted by molar-refractivity contribution is -0.207. The first-order valence-electron chi connectivity index (χ1n) is 8.80. The van der Waals surface area contributed by atoms with Gasteiger partial charge >= 0.3 is 15.9 Å². The summed E-state index contributed by atoms with van der Waals surface area (Å²) in [5, 5.41) is -2.40. The smallest absolute Gasteiger partial charge is 0.338 e. The van der Waals surface area contributed by atoms with Crippen molar-refractivity contribution in [3.05, 3.63) is 0 Å². The molecule has 0 aromatic heterocycles. The van der Waals surface area contributed by atoms with Crippen molar-refractivity contribution in [3.63, 3.8) is 0 Å². The van der Waals surface area contributed by atoms with Crippen molar-refractivity contribution in [2.75, 3.05) is 20.8 Å². The Morgan fingerprint density at radius 3 is 1.85 bits per heavy atom. The lowest BCUT2D eigenvalue weighted by Gasteiger charge is -2.27. The van der Waals surface area contributed by atoms with Gasteiger partial charge in [0.15, 0.2) is 23.6 Å². The summed E-state index contributed by atoms with van der Waals surface area (Å²) in [5.41, 5.74) is 0. The fourth-order valence-electron chi connectivity index (χ4n) is 3.24. The van der Waals surface area contributed by atoms with Gasteiger partial charge in [-0.1, -0.05) is 51.9 Å². The summed E-state index contributed by atoms with van der Waals surface area (Å²) in [6.45, 7) is 2.40. The lowest BCUT2D eigenvalue weighted by Crippen LogP contribution is -2.55. The molecule has 1 rings (SSSR count). The zero-order chi connectivity index (χ0) is 19.8. The third-order valence-corrected chi connectivity index (χ3v) is 12.2. The van der Waals surface area contributed by atoms with Gasteiger partial charge in [0.25, 0.3) is 10.0 Å². The van der Waals surface area contributed by atoms with Crippen molar-refractivity contribution in [2.45, 2.75) is 69.1 Å². The number of rotatable bonds is 13. The Morgan fingerprint density at radius 2 is 1.42 bits per heavy atom. The van der Waals surface area contributed by atoms with E-state index < -0.39 is 25.9 Å². The van der Waals surface area contributed by atoms with Gasteiger partial charge in [0, 0.05) is 20.8 Å². The van der Waals surface area contributed by atoms with Crippen LogP contribution in [0.5, 0.6) is 0 Å². The Labute approximate surface area is 170 Å². The minimum absolute atomic E-state index is 0.213. The maximum atomic E-state index is 12.7. The summed E-state index contributed by atoms with van der Waals surface area (Å²) in [5.74, 6) is -1.94. The maximum absolute atomic E-state index is 12.7. The number of sulfonamides is 1. The van der Waals surface area contributed by atoms with Crippen molar-refractivity contribution >= 4 is 53.5 Å². The SMILES string of the molecule is CCCCCCCCCCN1C([PH+]=S)([PH+]=S)C(OC)(OC)C(=O)S1(=O)=O. The Kier molecular flexibility index (Phi) is 10.3. The molecule has 0 aromatic carbocycles. The first kappa shape index (κ1) is 24.6. The highest BCUT2D eigenvalue weighted by molar-refractivity contribution is 8.10. The molecular weight excluding hydrogens is 432 g/mol. The first-order valence-corrected chi connectivity index (χ1v) is 14.5. The zero-order valence-electron chi connectivity index (χ0n) is 15.6. The van der Waals surface area contributed by atoms with Gasteiger partial charge in [-0.15, -0.1) is 4.31 Å². The predicted octanol–water partition coefficient (Wildman–Crippen LogP) is 3.22. The molecule has 1 aliphatic rings. The average Bonchev–Trinajstić information content (AvgIpc) is 2.79. The van der Waals surface area contributed by atoms with Gasteiger partial charge in [-0.3, -0.25) is 4.79 Å². The molecule has 0 amide bonds. The Balaban J connectivity index is 2.86. The predicted molar refractivity (Wildman–Crippen MR) is 114 cm³/mol. The van der Waals surface area contributed by atoms with Crippen LogP contribution in [0.15, 0.2) is 0 Å². The molecular formula is C15H29NO5P2S3+2. The van der Waals surface area contributed by atoms with E-state index in [1.807, 2.05) is 0 Å². The van der Waals surface area contributed by atoms with E-state index >= 15 is 0 Å². The van der Waals surface area contributed by atoms with Crippen LogP contribution in [-0.2, 0) is 47.9 Å². The number of carbonyl (C=O) groups is 1. The molecule has 0 aliphatic carbocycles. The van der Waals surface area contributed by atoms with Crippen LogP contribution in [0.1, 0.15) is 58.3 Å². The summed E-state index contributed by atoms with van der Waals surface area (Å²) >= 11 is 10.5. The van der Waals surface area contributed by atoms with Crippen molar-refractivity contribution in [3.8, 4) is 0 Å². The largest absolute Gasteiger partial charge is 0.420 e. The van der Waals surface area contributed by atoms with E-state index in [-0.39, 0.29) is 21.3 Å². The molecule has 1 saturated heterocycles. The molecule has 0 N–H and O–H groups in total. The van der Waals surface area contributed by atoms with Crippen LogP contribution in [0.3, 0.4) is 0 Å². The van der Waals surface area contributed by atoms with E-state index in [0.29, 0.717) is 6.42 Å². The fraction of sp³-hybridized carbons (Fsp3) is 0.933. The lowest BCUT2D eigenvalue weighted by atomic mass is 10.1. The van der Waals surface area contributed by atoms with E-state index in [4.69, 9.17) is 33.1 Å². The molecule has 2 atom stereocenters. The van der Waals surface area contributed by atoms with Crippen molar-refractivity contribution in [2.24, 2.45) is 0 Å². The van der Waals surface area contributed by atoms with Crippen molar-refractivity contribution < 1.29 is 22.7 Å². The number of nitrogens with zero attached hydrogens (tertiary/aromatic N) is 1. The third kappa shape index (κ3) is 4.41. The molecule has 2 unspecified atom stereocenters. The molecule has 1 heterocycles. The molecule has 0 saturated carbocycles. The number of hydrogen-bond donors (Lipinski definition) is 0. The van der Waals surface area contributed by atoms with Crippen LogP contribution >= 0.6 is 14.7 Å². The number of carbonyl (C=O) groups excluding carboxylic acids is 1. The topological polar surface area (TPSA) is 72.9 Å². The summed E-state index contributed by atoms with van der Waals surface area (Å²) in [4.78, 5) is 12.6. The molecule has 6 nitrogen and oxygen atoms in total. The highest BCUT2D eigenvalue weighted by Gasteiger charge is 2.83. The molecule has 0 spiro atoms. The third-order valence-electron chi connectivity index (χ3n) is 4.73. The molecule has 0 aromatic rings. The van der Waals surface area contributed by atoms with Crippen LogP contribution in [0.4, 0.5) is 0 Å². The van der Waals surface area contributed by atoms with Gasteiger partial charge in [0.2, 0.25) is 14.7 Å². The highest BCUT2D eigenvalue weighted by atomic mass is 32.4. The maximum Gasteiger partial charge on any atom is 0.420 e. The minimum atomic E-state index is -4.21. The van der Waals surface area contributed by atoms with E-state index in [1.165, 1.54) is 44.2 Å². The second-order valence-corrected chi connectivity index (χ2v) is 11.6. The number of hydrogen-bond acceptors (Lipinski definition) is 7. The Morgan fingerprint density at radius 1 is 0.962 bits per heavy atom. The van der Waals surface area contributed by atoms with Gasteiger partial charge in [0.05, 0.1) is 0 Å². The normalized spacial score (nSPS) is 25.3. The van der Waals surface area contributed by atoms with Gasteiger partial charge in [-0.25, -0.2) is 8.42 Å². The van der Waals surface area contributed by atoms with Crippen molar-refractivity contribution in [1.82, 2.24) is 4.31 Å². The fourth-order valence-corrected chi connectivity index (χ4v) is 10.9. The van der Waals surface area contributed by atoms with Crippen molar-refractivity contribution in [1.29, 1.82) is 0 Å². The van der Waals surface area contributed by atoms with Gasteiger partial charge < -0.3 is 9.47 Å². The molecule has 26 heavy (non-hydrogen) atoms. The van der Waals surface area contributed by atoms with Crippen LogP contribution in [0.2, 0.25) is 0 Å². The van der Waals surface area contributed by atoms with Crippen LogP contribution < -0.4 is 0 Å². The molecule has 1 fully saturated rings. The molecule has 0 bridgehead atoms. The number of ether oxygens (including phenoxy) is 2. The second-order valence-electron chi connectivity index (χ2n) is 6.28. The van der Waals surface area contributed by atoms with Gasteiger partial charge in [-0.05, 0) is 6.42 Å². The minimum Gasteiger partial charge on any atom is -0.338 e. The quantitative estimate of drug-likeness (QED) is 0.237. The monoisotopic (exact) mass is 461 g/mol. The van der Waals surface area contributed by atoms with Crippen LogP contribution in [-0.4, -0.2) is 49.4 Å². The molecule has 1 aliphatic heterocycles. The van der Waals surface area contributed by atoms with Gasteiger partial charge in [-0.2, -0.15) is 0 Å². The number of methoxy groups -OCH3 is 2. The Hall–Kier alpha value is 0.540. The van der Waals surface area contributed by atoms with E-state index in [0.717, 1.165) is 19.3 Å². The average molecular weight is 462 g/mol. The Bertz CT molecular complexity index is 602. The molecule has 150 valence electrons. The summed E-state index contributed by atoms with van der Waals surface area (Å²) in [7, 11) is -2.37. The van der Waals surface area contributed by atoms with Crippen LogP contribution in [0.25, 0.3) is 0 Å². The van der Waals surface area contributed by atoms with Crippen LogP contribution in [0, 0.1) is 0 Å². The summed E-state index contributed by atoms with van der Waals surface area (Å²) in [6.07, 6.45) is 8.66. The number of unbranched alkanes of at least 4 members (excludes halogenated alkanes) is 7. The zero-order valence-corrected chi connectivity index (χ0v) is 20.0. The van der Waals surface area contributed by atoms with Gasteiger partial charge in [0.1, 0.15) is 0 Å². The molecule has 11 heteroatoms. The molecule has 0 radical (unpaired) electrons. The summed E-state index contributed by atoms with van der Waals surface area (Å²) < 4.78 is 37.2.